The number of benzene rings is 3. The number of anilines is 2. The number of carboxylic acid groups (broad SMARTS) is 1. The standard InChI is InChI=1S/C47H49ClN8O5.C2HF3O2/c1-46(2,33-21-31(25-49)22-34(48)23-33)32-3-6-37(7-4-32)61-27-35-11-16-50-45(51-35)55-28-47(29-55)14-19-53(20-15-47)26-30-12-17-54(18-13-30)36-5-8-38-39(24-36)44(60)56(43(38)59)40-9-10-41(57)52-42(40)58;3-2(4,5)1(6)7/h3-8,11,16,21-24,30,40H,9-10,12-15,17-20,26-29H2,1-2H3,(H,52,57,58);(H,6,7). The number of hydrogen-bond acceptors (Lipinski definition) is 12. The van der Waals surface area contributed by atoms with E-state index in [0.29, 0.717) is 39.7 Å². The van der Waals surface area contributed by atoms with Gasteiger partial charge in [-0.25, -0.2) is 14.8 Å². The number of fused-ring (bicyclic) bond motifs is 1. The minimum Gasteiger partial charge on any atom is -0.487 e. The minimum atomic E-state index is -5.08. The molecule has 1 unspecified atom stereocenters. The molecule has 5 aliphatic heterocycles. The van der Waals surface area contributed by atoms with Crippen molar-refractivity contribution in [3.8, 4) is 11.8 Å². The van der Waals surface area contributed by atoms with Gasteiger partial charge < -0.3 is 24.5 Å². The van der Waals surface area contributed by atoms with Crippen molar-refractivity contribution in [3.05, 3.63) is 111 Å². The monoisotopic (exact) mass is 954 g/mol. The van der Waals surface area contributed by atoms with E-state index in [0.717, 1.165) is 111 Å². The van der Waals surface area contributed by atoms with Gasteiger partial charge in [0.2, 0.25) is 17.8 Å². The van der Waals surface area contributed by atoms with E-state index >= 15 is 0 Å². The third-order valence-corrected chi connectivity index (χ3v) is 14.0. The predicted octanol–water partition coefficient (Wildman–Crippen LogP) is 6.76. The molecule has 4 amide bonds. The predicted molar refractivity (Wildman–Crippen MR) is 243 cm³/mol. The molecule has 4 aromatic rings. The number of nitrogens with zero attached hydrogens (tertiary/aromatic N) is 7. The Bertz CT molecular complexity index is 2650. The topological polar surface area (TPSA) is 189 Å². The van der Waals surface area contributed by atoms with Gasteiger partial charge in [0, 0.05) is 66.9 Å². The zero-order valence-electron chi connectivity index (χ0n) is 37.5. The van der Waals surface area contributed by atoms with Gasteiger partial charge in [0.05, 0.1) is 28.5 Å². The Morgan fingerprint density at radius 3 is 2.22 bits per heavy atom. The van der Waals surface area contributed by atoms with Crippen LogP contribution in [-0.4, -0.2) is 113 Å². The number of nitriles is 1. The quantitative estimate of drug-likeness (QED) is 0.159. The van der Waals surface area contributed by atoms with E-state index in [4.69, 9.17) is 31.2 Å². The lowest BCUT2D eigenvalue weighted by Gasteiger charge is -2.54. The molecular weight excluding hydrogens is 905 g/mol. The van der Waals surface area contributed by atoms with Gasteiger partial charge in [-0.05, 0) is 117 Å². The Morgan fingerprint density at radius 2 is 1.57 bits per heavy atom. The average Bonchev–Trinajstić information content (AvgIpc) is 3.55. The van der Waals surface area contributed by atoms with Crippen LogP contribution >= 0.6 is 11.6 Å². The normalized spacial score (nSPS) is 19.7. The summed E-state index contributed by atoms with van der Waals surface area (Å²) >= 11 is 6.31. The molecule has 3 aromatic carbocycles. The number of piperidine rings is 3. The first-order chi connectivity index (χ1) is 32.3. The summed E-state index contributed by atoms with van der Waals surface area (Å²) in [5.41, 5.74) is 4.94. The highest BCUT2D eigenvalue weighted by Gasteiger charge is 2.47. The van der Waals surface area contributed by atoms with Crippen LogP contribution in [0.5, 0.6) is 5.75 Å². The third kappa shape index (κ3) is 10.3. The molecule has 0 saturated carbocycles. The van der Waals surface area contributed by atoms with E-state index in [1.165, 1.54) is 0 Å². The van der Waals surface area contributed by atoms with E-state index in [-0.39, 0.29) is 24.2 Å². The van der Waals surface area contributed by atoms with Crippen molar-refractivity contribution in [1.82, 2.24) is 25.1 Å². The summed E-state index contributed by atoms with van der Waals surface area (Å²) in [5.74, 6) is -2.59. The Morgan fingerprint density at radius 1 is 0.897 bits per heavy atom. The molecule has 0 radical (unpaired) electrons. The second-order valence-electron chi connectivity index (χ2n) is 18.7. The fourth-order valence-corrected chi connectivity index (χ4v) is 9.98. The Labute approximate surface area is 395 Å². The summed E-state index contributed by atoms with van der Waals surface area (Å²) < 4.78 is 37.9. The molecule has 5 aliphatic rings. The van der Waals surface area contributed by atoms with Crippen molar-refractivity contribution in [2.45, 2.75) is 76.6 Å². The molecule has 9 rings (SSSR count). The lowest BCUT2D eigenvalue weighted by molar-refractivity contribution is -0.192. The molecule has 4 fully saturated rings. The molecule has 0 aliphatic carbocycles. The second kappa shape index (κ2) is 19.2. The van der Waals surface area contributed by atoms with Crippen LogP contribution in [0.4, 0.5) is 24.8 Å². The smallest absolute Gasteiger partial charge is 0.487 e. The van der Waals surface area contributed by atoms with E-state index < -0.39 is 35.9 Å². The lowest BCUT2D eigenvalue weighted by Crippen LogP contribution is -2.61. The van der Waals surface area contributed by atoms with Gasteiger partial charge in [-0.2, -0.15) is 18.4 Å². The molecule has 19 heteroatoms. The number of likely N-dealkylation sites (tertiary alicyclic amines) is 1. The molecule has 1 spiro atoms. The molecule has 1 aromatic heterocycles. The van der Waals surface area contributed by atoms with Gasteiger partial charge in [-0.3, -0.25) is 29.4 Å². The molecule has 68 heavy (non-hydrogen) atoms. The zero-order chi connectivity index (χ0) is 48.5. The van der Waals surface area contributed by atoms with Crippen molar-refractivity contribution < 1.29 is 47.0 Å². The number of carboxylic acids is 1. The largest absolute Gasteiger partial charge is 0.490 e. The number of nitrogens with one attached hydrogen (secondary N) is 1. The summed E-state index contributed by atoms with van der Waals surface area (Å²) in [4.78, 5) is 77.2. The van der Waals surface area contributed by atoms with Crippen LogP contribution in [0.1, 0.15) is 95.5 Å². The number of carbonyl (C=O) groups is 5. The molecular formula is C49H50ClF3N8O7. The van der Waals surface area contributed by atoms with Crippen LogP contribution in [-0.2, 0) is 26.4 Å². The third-order valence-electron chi connectivity index (χ3n) is 13.8. The van der Waals surface area contributed by atoms with Gasteiger partial charge in [0.25, 0.3) is 11.8 Å². The van der Waals surface area contributed by atoms with Crippen molar-refractivity contribution >= 4 is 52.8 Å². The highest BCUT2D eigenvalue weighted by atomic mass is 35.5. The summed E-state index contributed by atoms with van der Waals surface area (Å²) in [7, 11) is 0. The average molecular weight is 955 g/mol. The number of aliphatic carboxylic acids is 1. The Balaban J connectivity index is 0.000000830. The van der Waals surface area contributed by atoms with E-state index in [2.05, 4.69) is 57.0 Å². The molecule has 1 atom stereocenters. The summed E-state index contributed by atoms with van der Waals surface area (Å²) in [6.07, 6.45) is 1.40. The van der Waals surface area contributed by atoms with Crippen LogP contribution in [0.3, 0.4) is 0 Å². The fourth-order valence-electron chi connectivity index (χ4n) is 9.75. The maximum absolute atomic E-state index is 13.4. The molecule has 2 N–H and O–H groups in total. The van der Waals surface area contributed by atoms with Gasteiger partial charge in [0.1, 0.15) is 18.4 Å². The van der Waals surface area contributed by atoms with E-state index in [1.54, 1.807) is 18.2 Å². The first kappa shape index (κ1) is 47.9. The van der Waals surface area contributed by atoms with Crippen LogP contribution < -0.4 is 19.9 Å². The molecule has 4 saturated heterocycles. The number of hydrogen-bond donors (Lipinski definition) is 2. The SMILES string of the molecule is CC(C)(c1ccc(OCc2ccnc(N3CC4(CCN(CC5CCN(c6ccc7c(c6)C(=O)N(C6CCC(=O)NC6=O)C7=O)CC5)CC4)C3)n2)cc1)c1cc(Cl)cc(C#N)c1.O=C(O)C(F)(F)F. The summed E-state index contributed by atoms with van der Waals surface area (Å²) in [6.45, 7) is 11.5. The summed E-state index contributed by atoms with van der Waals surface area (Å²) in [6, 6.07) is 22.0. The van der Waals surface area contributed by atoms with Gasteiger partial charge in [0.15, 0.2) is 0 Å². The van der Waals surface area contributed by atoms with Crippen molar-refractivity contribution in [3.63, 3.8) is 0 Å². The van der Waals surface area contributed by atoms with Crippen LogP contribution in [0.2, 0.25) is 5.02 Å². The van der Waals surface area contributed by atoms with Crippen LogP contribution in [0, 0.1) is 22.7 Å². The number of amides is 4. The number of imide groups is 2. The highest BCUT2D eigenvalue weighted by Crippen LogP contribution is 2.42. The Kier molecular flexibility index (Phi) is 13.5. The number of carbonyl (C=O) groups excluding carboxylic acids is 4. The van der Waals surface area contributed by atoms with Crippen molar-refractivity contribution in [2.75, 3.05) is 55.6 Å². The summed E-state index contributed by atoms with van der Waals surface area (Å²) in [5, 5.41) is 19.3. The van der Waals surface area contributed by atoms with Crippen molar-refractivity contribution in [2.24, 2.45) is 11.3 Å². The number of halogens is 4. The Hall–Kier alpha value is -6.58. The maximum Gasteiger partial charge on any atom is 0.490 e. The van der Waals surface area contributed by atoms with Crippen LogP contribution in [0.15, 0.2) is 72.9 Å². The number of ether oxygens (including phenoxy) is 1. The van der Waals surface area contributed by atoms with Gasteiger partial charge in [-0.15, -0.1) is 0 Å². The maximum atomic E-state index is 13.4. The van der Waals surface area contributed by atoms with Crippen LogP contribution in [0.25, 0.3) is 0 Å². The fraction of sp³-hybridized carbons (Fsp3) is 0.429. The molecule has 6 heterocycles. The molecule has 15 nitrogen and oxygen atoms in total. The number of aromatic nitrogens is 2. The minimum absolute atomic E-state index is 0.0995. The van der Waals surface area contributed by atoms with E-state index in [1.807, 2.05) is 42.6 Å². The first-order valence-electron chi connectivity index (χ1n) is 22.5. The lowest BCUT2D eigenvalue weighted by atomic mass is 9.72. The number of alkyl halides is 3. The molecule has 356 valence electrons. The van der Waals surface area contributed by atoms with Gasteiger partial charge in [-0.1, -0.05) is 37.6 Å². The number of rotatable bonds is 10. The highest BCUT2D eigenvalue weighted by molar-refractivity contribution is 6.30. The van der Waals surface area contributed by atoms with Gasteiger partial charge >= 0.3 is 12.1 Å². The zero-order valence-corrected chi connectivity index (χ0v) is 38.3. The second-order valence-corrected chi connectivity index (χ2v) is 19.1. The van der Waals surface area contributed by atoms with E-state index in [9.17, 15) is 37.6 Å². The first-order valence-corrected chi connectivity index (χ1v) is 22.8. The molecule has 0 bridgehead atoms. The van der Waals surface area contributed by atoms with Crippen molar-refractivity contribution in [1.29, 1.82) is 5.26 Å².